The van der Waals surface area contributed by atoms with Crippen molar-refractivity contribution in [1.29, 1.82) is 0 Å². The Hall–Kier alpha value is -1.53. The third-order valence-electron chi connectivity index (χ3n) is 5.51. The lowest BCUT2D eigenvalue weighted by Crippen LogP contribution is -2.41. The lowest BCUT2D eigenvalue weighted by molar-refractivity contribution is -0.00257. The number of aliphatic hydroxyl groups is 1. The molecule has 2 saturated carbocycles. The Bertz CT molecular complexity index is 784. The zero-order chi connectivity index (χ0) is 17.6. The van der Waals surface area contributed by atoms with Crippen LogP contribution in [0.15, 0.2) is 12.3 Å². The molecular formula is C19H25N3O2S. The fourth-order valence-electron chi connectivity index (χ4n) is 3.68. The lowest BCUT2D eigenvalue weighted by Gasteiger charge is -2.36. The number of carbonyl (C=O) groups is 1. The van der Waals surface area contributed by atoms with Crippen LogP contribution in [0.5, 0.6) is 0 Å². The fourth-order valence-corrected chi connectivity index (χ4v) is 4.81. The molecule has 2 aromatic rings. The number of hydrogen-bond acceptors (Lipinski definition) is 5. The number of amides is 1. The highest BCUT2D eigenvalue weighted by Crippen LogP contribution is 2.43. The fraction of sp³-hybridized carbons (Fsp3) is 0.632. The van der Waals surface area contributed by atoms with Crippen molar-refractivity contribution in [2.24, 2.45) is 5.92 Å². The molecule has 25 heavy (non-hydrogen) atoms. The van der Waals surface area contributed by atoms with Crippen LogP contribution < -0.4 is 5.32 Å². The number of thiazole rings is 1. The van der Waals surface area contributed by atoms with E-state index in [-0.39, 0.29) is 11.9 Å². The van der Waals surface area contributed by atoms with Crippen LogP contribution in [-0.2, 0) is 0 Å². The Kier molecular flexibility index (Phi) is 4.28. The summed E-state index contributed by atoms with van der Waals surface area (Å²) in [7, 11) is 0. The molecule has 0 radical (unpaired) electrons. The van der Waals surface area contributed by atoms with Crippen LogP contribution in [0.1, 0.15) is 73.7 Å². The van der Waals surface area contributed by atoms with Gasteiger partial charge in [-0.2, -0.15) is 0 Å². The molecule has 2 N–H and O–H groups in total. The van der Waals surface area contributed by atoms with Crippen molar-refractivity contribution in [3.8, 4) is 0 Å². The number of nitrogens with one attached hydrogen (secondary N) is 1. The van der Waals surface area contributed by atoms with Crippen molar-refractivity contribution in [2.75, 3.05) is 0 Å². The highest BCUT2D eigenvalue weighted by Gasteiger charge is 2.32. The predicted molar refractivity (Wildman–Crippen MR) is 98.9 cm³/mol. The monoisotopic (exact) mass is 359 g/mol. The lowest BCUT2D eigenvalue weighted by atomic mass is 9.77. The molecule has 0 unspecified atom stereocenters. The normalized spacial score (nSPS) is 24.4. The van der Waals surface area contributed by atoms with Gasteiger partial charge >= 0.3 is 0 Å². The topological polar surface area (TPSA) is 75.1 Å². The van der Waals surface area contributed by atoms with Gasteiger partial charge in [-0.15, -0.1) is 11.3 Å². The van der Waals surface area contributed by atoms with Gasteiger partial charge in [0.05, 0.1) is 20.9 Å². The van der Waals surface area contributed by atoms with Gasteiger partial charge in [0.25, 0.3) is 5.91 Å². The molecule has 2 aliphatic rings. The van der Waals surface area contributed by atoms with E-state index in [1.54, 1.807) is 17.5 Å². The van der Waals surface area contributed by atoms with E-state index in [1.807, 2.05) is 19.9 Å². The van der Waals surface area contributed by atoms with Gasteiger partial charge in [0.15, 0.2) is 5.65 Å². The first-order chi connectivity index (χ1) is 11.9. The Balaban J connectivity index is 1.40. The molecule has 2 aromatic heterocycles. The predicted octanol–water partition coefficient (Wildman–Crippen LogP) is 3.63. The summed E-state index contributed by atoms with van der Waals surface area (Å²) in [6.45, 7) is 3.75. The van der Waals surface area contributed by atoms with Crippen LogP contribution in [0.3, 0.4) is 0 Å². The van der Waals surface area contributed by atoms with Gasteiger partial charge in [-0.05, 0) is 64.4 Å². The van der Waals surface area contributed by atoms with Gasteiger partial charge < -0.3 is 10.4 Å². The van der Waals surface area contributed by atoms with E-state index in [9.17, 15) is 9.90 Å². The standard InChI is InChI=1S/C19H25N3O2S/c1-19(2,24)13-5-7-14(8-6-13)21-17(23)12-9-15-16(20-10-12)22-18(25-15)11-3-4-11/h9-11,13-14,24H,3-8H2,1-2H3,(H,21,23)/t13-,14+. The summed E-state index contributed by atoms with van der Waals surface area (Å²) in [5, 5.41) is 14.4. The van der Waals surface area contributed by atoms with Gasteiger partial charge in [0.1, 0.15) is 0 Å². The average molecular weight is 359 g/mol. The number of fused-ring (bicyclic) bond motifs is 1. The maximum atomic E-state index is 12.6. The van der Waals surface area contributed by atoms with Gasteiger partial charge in [0.2, 0.25) is 0 Å². The largest absolute Gasteiger partial charge is 0.390 e. The molecule has 6 heteroatoms. The summed E-state index contributed by atoms with van der Waals surface area (Å²) < 4.78 is 1.00. The molecule has 0 aliphatic heterocycles. The van der Waals surface area contributed by atoms with Crippen LogP contribution in [0.2, 0.25) is 0 Å². The minimum atomic E-state index is -0.630. The van der Waals surface area contributed by atoms with E-state index in [0.29, 0.717) is 17.4 Å². The van der Waals surface area contributed by atoms with E-state index >= 15 is 0 Å². The highest BCUT2D eigenvalue weighted by molar-refractivity contribution is 7.18. The number of nitrogens with zero attached hydrogens (tertiary/aromatic N) is 2. The zero-order valence-electron chi connectivity index (χ0n) is 14.8. The van der Waals surface area contributed by atoms with E-state index in [4.69, 9.17) is 0 Å². The van der Waals surface area contributed by atoms with Crippen molar-refractivity contribution < 1.29 is 9.90 Å². The van der Waals surface area contributed by atoms with Crippen molar-refractivity contribution in [3.63, 3.8) is 0 Å². The van der Waals surface area contributed by atoms with E-state index in [1.165, 1.54) is 12.8 Å². The van der Waals surface area contributed by atoms with Crippen LogP contribution in [0, 0.1) is 5.92 Å². The first kappa shape index (κ1) is 16.9. The number of carbonyl (C=O) groups excluding carboxylic acids is 1. The van der Waals surface area contributed by atoms with E-state index in [2.05, 4.69) is 15.3 Å². The van der Waals surface area contributed by atoms with Crippen LogP contribution >= 0.6 is 11.3 Å². The van der Waals surface area contributed by atoms with Crippen molar-refractivity contribution >= 4 is 27.6 Å². The molecule has 2 heterocycles. The summed E-state index contributed by atoms with van der Waals surface area (Å²) in [5.74, 6) is 0.877. The molecule has 1 amide bonds. The molecule has 0 saturated heterocycles. The summed E-state index contributed by atoms with van der Waals surface area (Å²) in [4.78, 5) is 21.5. The van der Waals surface area contributed by atoms with E-state index in [0.717, 1.165) is 41.0 Å². The average Bonchev–Trinajstić information content (AvgIpc) is 3.33. The first-order valence-corrected chi connectivity index (χ1v) is 10.0. The molecular weight excluding hydrogens is 334 g/mol. The van der Waals surface area contributed by atoms with Gasteiger partial charge in [-0.1, -0.05) is 0 Å². The summed E-state index contributed by atoms with van der Waals surface area (Å²) in [6.07, 6.45) is 7.82. The molecule has 5 nitrogen and oxygen atoms in total. The maximum absolute atomic E-state index is 12.6. The van der Waals surface area contributed by atoms with Crippen LogP contribution in [-0.4, -0.2) is 32.6 Å². The highest BCUT2D eigenvalue weighted by atomic mass is 32.1. The van der Waals surface area contributed by atoms with Gasteiger partial charge in [-0.25, -0.2) is 9.97 Å². The first-order valence-electron chi connectivity index (χ1n) is 9.20. The quantitative estimate of drug-likeness (QED) is 0.874. The minimum Gasteiger partial charge on any atom is -0.390 e. The second kappa shape index (κ2) is 6.32. The summed E-state index contributed by atoms with van der Waals surface area (Å²) >= 11 is 1.67. The van der Waals surface area contributed by atoms with Gasteiger partial charge in [0, 0.05) is 18.2 Å². The zero-order valence-corrected chi connectivity index (χ0v) is 15.6. The summed E-state index contributed by atoms with van der Waals surface area (Å²) in [6, 6.07) is 2.11. The minimum absolute atomic E-state index is 0.0533. The number of aromatic nitrogens is 2. The molecule has 2 fully saturated rings. The van der Waals surface area contributed by atoms with Gasteiger partial charge in [-0.3, -0.25) is 4.79 Å². The van der Waals surface area contributed by atoms with Crippen molar-refractivity contribution in [1.82, 2.24) is 15.3 Å². The third kappa shape index (κ3) is 3.70. The van der Waals surface area contributed by atoms with Crippen molar-refractivity contribution in [3.05, 3.63) is 22.8 Å². The van der Waals surface area contributed by atoms with E-state index < -0.39 is 5.60 Å². The second-order valence-electron chi connectivity index (χ2n) is 8.05. The third-order valence-corrected chi connectivity index (χ3v) is 6.67. The molecule has 134 valence electrons. The Labute approximate surface area is 151 Å². The maximum Gasteiger partial charge on any atom is 0.253 e. The second-order valence-corrected chi connectivity index (χ2v) is 9.11. The smallest absolute Gasteiger partial charge is 0.253 e. The van der Waals surface area contributed by atoms with Crippen molar-refractivity contribution in [2.45, 2.75) is 69.9 Å². The number of pyridine rings is 1. The SMILES string of the molecule is CC(C)(O)[C@H]1CC[C@@H](NC(=O)c2cnc3nc(C4CC4)sc3c2)CC1. The molecule has 4 rings (SSSR count). The molecule has 2 aliphatic carbocycles. The van der Waals surface area contributed by atoms with Crippen LogP contribution in [0.4, 0.5) is 0 Å². The molecule has 0 atom stereocenters. The molecule has 0 aromatic carbocycles. The Morgan fingerprint density at radius 2 is 1.96 bits per heavy atom. The number of rotatable bonds is 4. The molecule has 0 bridgehead atoms. The summed E-state index contributed by atoms with van der Waals surface area (Å²) in [5.41, 5.74) is 0.743. The Morgan fingerprint density at radius 1 is 1.24 bits per heavy atom. The molecule has 0 spiro atoms. The Morgan fingerprint density at radius 3 is 2.60 bits per heavy atom. The van der Waals surface area contributed by atoms with Crippen LogP contribution in [0.25, 0.3) is 10.3 Å². The number of hydrogen-bond donors (Lipinski definition) is 2.